The molecule has 3 heterocycles. The van der Waals surface area contributed by atoms with Gasteiger partial charge in [0.15, 0.2) is 12.4 Å². The highest BCUT2D eigenvalue weighted by atomic mass is 16.7. The predicted octanol–water partition coefficient (Wildman–Crippen LogP) is 6.22. The maximum atomic E-state index is 14.6. The van der Waals surface area contributed by atoms with Gasteiger partial charge in [-0.15, -0.1) is 0 Å². The summed E-state index contributed by atoms with van der Waals surface area (Å²) in [5, 5.41) is 48.7. The standard InChI is InChI=1S/C46H62N2O13/c1-23-15-14-16-24(2)45(56)47-31-21-33(58-22-34(50)48(9)30-17-12-11-13-18-30)35-36(41(31)54)40(53)28(6)43-37(35)44(55)46(8,61-43)59-20-19-32(57-10)25(3)42(60-29(7)49)27(5)39(52)26(4)38(23)51/h14-16,19-21,23,25-27,30,32,38-39,42,51-54H,11-13,17-18,22H2,1-10H3,(H,47,56)/b15-14+,20-19+,24-16-/t23-,25+,26+,27+,32-,38-,39+,42+,46-/m0/s1. The summed E-state index contributed by atoms with van der Waals surface area (Å²) in [5.41, 5.74) is 0.0303. The number of ketones is 1. The molecule has 5 N–H and O–H groups in total. The number of aliphatic hydroxyl groups excluding tert-OH is 2. The third-order valence-corrected chi connectivity index (χ3v) is 12.7. The summed E-state index contributed by atoms with van der Waals surface area (Å²) in [7, 11) is 3.16. The molecule has 61 heavy (non-hydrogen) atoms. The van der Waals surface area contributed by atoms with Crippen molar-refractivity contribution in [2.45, 2.75) is 124 Å². The monoisotopic (exact) mass is 850 g/mol. The Hall–Kier alpha value is -5.12. The molecule has 334 valence electrons. The smallest absolute Gasteiger partial charge is 0.312 e. The van der Waals surface area contributed by atoms with Crippen LogP contribution in [0.2, 0.25) is 0 Å². The van der Waals surface area contributed by atoms with E-state index in [2.05, 4.69) is 5.32 Å². The maximum Gasteiger partial charge on any atom is 0.312 e. The van der Waals surface area contributed by atoms with E-state index in [-0.39, 0.29) is 56.6 Å². The SMILES string of the molecule is CO[C@H]1/C=C/O[C@@]2(C)Oc3c(C)c(O)c4c(O)c(cc(OCC(=O)N(C)C5CCCCC5)c4c3C2=O)NC(=O)/C(C)=C\C=C\[C@H](C)[C@H](O)[C@@H](C)[C@@H](O)[C@@H](C)[C@H](OC(C)=O)[C@@H]1C. The highest BCUT2D eigenvalue weighted by Gasteiger charge is 2.50. The molecule has 4 aliphatic rings. The summed E-state index contributed by atoms with van der Waals surface area (Å²) in [6.07, 6.45) is 8.48. The van der Waals surface area contributed by atoms with E-state index < -0.39 is 89.6 Å². The van der Waals surface area contributed by atoms with Crippen LogP contribution in [0.3, 0.4) is 0 Å². The first-order valence-electron chi connectivity index (χ1n) is 21.0. The first-order valence-corrected chi connectivity index (χ1v) is 21.0. The van der Waals surface area contributed by atoms with E-state index in [4.69, 9.17) is 23.7 Å². The van der Waals surface area contributed by atoms with Gasteiger partial charge in [-0.25, -0.2) is 0 Å². The molecule has 9 atom stereocenters. The molecule has 2 amide bonds. The topological polar surface area (TPSA) is 211 Å². The fraction of sp³-hybridized carbons (Fsp3) is 0.565. The number of hydrogen-bond donors (Lipinski definition) is 5. The van der Waals surface area contributed by atoms with Crippen LogP contribution in [0.4, 0.5) is 5.69 Å². The number of aromatic hydroxyl groups is 2. The van der Waals surface area contributed by atoms with Crippen LogP contribution in [-0.4, -0.2) is 106 Å². The molecule has 1 aliphatic carbocycles. The van der Waals surface area contributed by atoms with Crippen molar-refractivity contribution in [3.63, 3.8) is 0 Å². The zero-order valence-electron chi connectivity index (χ0n) is 36.8. The molecule has 1 fully saturated rings. The molecule has 0 spiro atoms. The third-order valence-electron chi connectivity index (χ3n) is 12.7. The number of hydrogen-bond acceptors (Lipinski definition) is 13. The van der Waals surface area contributed by atoms with Crippen molar-refractivity contribution >= 4 is 40.0 Å². The van der Waals surface area contributed by atoms with Gasteiger partial charge in [0, 0.05) is 80.3 Å². The number of allylic oxidation sites excluding steroid dienone is 2. The number of ether oxygens (including phenoxy) is 5. The summed E-state index contributed by atoms with van der Waals surface area (Å²) < 4.78 is 29.9. The molecule has 0 saturated heterocycles. The number of amides is 2. The molecule has 1 saturated carbocycles. The Morgan fingerprint density at radius 2 is 1.62 bits per heavy atom. The van der Waals surface area contributed by atoms with Crippen LogP contribution in [0.15, 0.2) is 42.2 Å². The average Bonchev–Trinajstić information content (AvgIpc) is 3.50. The van der Waals surface area contributed by atoms with Crippen LogP contribution < -0.4 is 14.8 Å². The molecule has 0 unspecified atom stereocenters. The largest absolute Gasteiger partial charge is 0.507 e. The van der Waals surface area contributed by atoms with Crippen LogP contribution >= 0.6 is 0 Å². The quantitative estimate of drug-likeness (QED) is 0.162. The Bertz CT molecular complexity index is 2090. The fourth-order valence-corrected chi connectivity index (χ4v) is 8.66. The number of esters is 1. The fourth-order valence-electron chi connectivity index (χ4n) is 8.66. The van der Waals surface area contributed by atoms with Gasteiger partial charge in [0.05, 0.1) is 41.2 Å². The van der Waals surface area contributed by atoms with Crippen molar-refractivity contribution in [2.24, 2.45) is 23.7 Å². The van der Waals surface area contributed by atoms with Crippen LogP contribution in [0.25, 0.3) is 10.8 Å². The molecule has 15 nitrogen and oxygen atoms in total. The van der Waals surface area contributed by atoms with Crippen molar-refractivity contribution in [1.82, 2.24) is 4.90 Å². The summed E-state index contributed by atoms with van der Waals surface area (Å²) in [6, 6.07) is 1.33. The molecule has 2 aromatic rings. The Kier molecular flexibility index (Phi) is 14.8. The molecule has 3 aliphatic heterocycles. The van der Waals surface area contributed by atoms with Gasteiger partial charge in [0.2, 0.25) is 0 Å². The first kappa shape index (κ1) is 46.9. The molecular weight excluding hydrogens is 789 g/mol. The minimum atomic E-state index is -2.02. The van der Waals surface area contributed by atoms with Gasteiger partial charge in [0.25, 0.3) is 17.6 Å². The van der Waals surface area contributed by atoms with Crippen LogP contribution in [0.5, 0.6) is 23.0 Å². The number of rotatable bonds is 6. The number of phenols is 2. The summed E-state index contributed by atoms with van der Waals surface area (Å²) >= 11 is 0. The molecule has 6 rings (SSSR count). The van der Waals surface area contributed by atoms with E-state index in [1.165, 1.54) is 59.3 Å². The van der Waals surface area contributed by atoms with Crippen molar-refractivity contribution < 1.29 is 63.3 Å². The minimum absolute atomic E-state index is 0.0395. The Morgan fingerprint density at radius 1 is 0.951 bits per heavy atom. The lowest BCUT2D eigenvalue weighted by Gasteiger charge is -2.38. The Morgan fingerprint density at radius 3 is 2.26 bits per heavy atom. The van der Waals surface area contributed by atoms with E-state index in [9.17, 15) is 39.6 Å². The number of anilines is 1. The number of carbonyl (C=O) groups is 4. The van der Waals surface area contributed by atoms with E-state index in [1.807, 2.05) is 0 Å². The number of nitrogens with one attached hydrogen (secondary N) is 1. The average molecular weight is 851 g/mol. The number of benzene rings is 2. The van der Waals surface area contributed by atoms with E-state index in [1.54, 1.807) is 51.8 Å². The highest BCUT2D eigenvalue weighted by molar-refractivity contribution is 6.21. The van der Waals surface area contributed by atoms with Gasteiger partial charge in [-0.05, 0) is 32.8 Å². The van der Waals surface area contributed by atoms with Gasteiger partial charge in [-0.1, -0.05) is 65.2 Å². The van der Waals surface area contributed by atoms with E-state index >= 15 is 0 Å². The Labute approximate surface area is 357 Å². The summed E-state index contributed by atoms with van der Waals surface area (Å²) in [6.45, 7) is 12.2. The second-order valence-corrected chi connectivity index (χ2v) is 17.0. The number of methoxy groups -OCH3 is 1. The number of phenolic OH excluding ortho intramolecular Hbond substituents is 2. The molecule has 0 radical (unpaired) electrons. The highest BCUT2D eigenvalue weighted by Crippen LogP contribution is 2.54. The predicted molar refractivity (Wildman–Crippen MR) is 227 cm³/mol. The second kappa shape index (κ2) is 19.3. The van der Waals surface area contributed by atoms with Crippen molar-refractivity contribution in [3.05, 3.63) is 53.3 Å². The number of fused-ring (bicyclic) bond motifs is 14. The van der Waals surface area contributed by atoms with Crippen LogP contribution in [0, 0.1) is 30.6 Å². The molecular formula is C46H62N2O13. The number of aliphatic hydroxyl groups is 2. The second-order valence-electron chi connectivity index (χ2n) is 17.0. The molecule has 15 heteroatoms. The van der Waals surface area contributed by atoms with E-state index in [0.29, 0.717) is 0 Å². The summed E-state index contributed by atoms with van der Waals surface area (Å²) in [4.78, 5) is 55.7. The normalized spacial score (nSPS) is 31.0. The minimum Gasteiger partial charge on any atom is -0.507 e. The first-order chi connectivity index (χ1) is 28.7. The molecule has 5 bridgehead atoms. The number of likely N-dealkylation sites (N-methyl/N-ethyl adjacent to an activating group) is 1. The maximum absolute atomic E-state index is 14.6. The van der Waals surface area contributed by atoms with Gasteiger partial charge in [0.1, 0.15) is 23.4 Å². The number of Topliss-reactive ketones (excluding diaryl/α,β-unsaturated/α-hetero) is 1. The number of nitrogens with zero attached hydrogens (tertiary/aromatic N) is 1. The Balaban J connectivity index is 1.65. The van der Waals surface area contributed by atoms with Gasteiger partial charge in [-0.3, -0.25) is 19.2 Å². The van der Waals surface area contributed by atoms with Gasteiger partial charge >= 0.3 is 11.8 Å². The van der Waals surface area contributed by atoms with Gasteiger partial charge < -0.3 is 54.3 Å². The summed E-state index contributed by atoms with van der Waals surface area (Å²) in [5.74, 6) is -7.90. The molecule has 0 aromatic heterocycles. The zero-order chi connectivity index (χ0) is 45.1. The van der Waals surface area contributed by atoms with Gasteiger partial charge in [-0.2, -0.15) is 0 Å². The van der Waals surface area contributed by atoms with Crippen LogP contribution in [0.1, 0.15) is 96.5 Å². The van der Waals surface area contributed by atoms with Crippen molar-refractivity contribution in [1.29, 1.82) is 0 Å². The third kappa shape index (κ3) is 9.68. The lowest BCUT2D eigenvalue weighted by atomic mass is 9.78. The lowest BCUT2D eigenvalue weighted by molar-refractivity contribution is -0.160. The van der Waals surface area contributed by atoms with Crippen molar-refractivity contribution in [2.75, 3.05) is 26.1 Å². The zero-order valence-corrected chi connectivity index (χ0v) is 36.8. The number of carbonyl (C=O) groups excluding carboxylic acids is 4. The van der Waals surface area contributed by atoms with Crippen molar-refractivity contribution in [3.8, 4) is 23.0 Å². The van der Waals surface area contributed by atoms with E-state index in [0.717, 1.165) is 32.1 Å². The lowest BCUT2D eigenvalue weighted by Crippen LogP contribution is -2.46. The van der Waals surface area contributed by atoms with Crippen LogP contribution in [-0.2, 0) is 28.6 Å². The molecule has 2 aromatic carbocycles.